The maximum absolute atomic E-state index is 13.5. The zero-order valence-corrected chi connectivity index (χ0v) is 17.8. The number of piperidine rings is 1. The molecule has 5 rings (SSSR count). The third-order valence-corrected chi connectivity index (χ3v) is 6.78. The van der Waals surface area contributed by atoms with Crippen LogP contribution in [0.1, 0.15) is 38.5 Å². The summed E-state index contributed by atoms with van der Waals surface area (Å²) in [5.41, 5.74) is 2.61. The molecule has 2 fully saturated rings. The number of nitrogens with one attached hydrogen (secondary N) is 1. The molecule has 2 aromatic heterocycles. The van der Waals surface area contributed by atoms with E-state index in [1.807, 2.05) is 18.2 Å². The maximum Gasteiger partial charge on any atom is 0.250 e. The van der Waals surface area contributed by atoms with Gasteiger partial charge in [0.15, 0.2) is 0 Å². The van der Waals surface area contributed by atoms with Crippen LogP contribution >= 0.6 is 0 Å². The smallest absolute Gasteiger partial charge is 0.250 e. The second-order valence-electron chi connectivity index (χ2n) is 8.93. The minimum atomic E-state index is -2.49. The van der Waals surface area contributed by atoms with Gasteiger partial charge in [-0.3, -0.25) is 9.88 Å². The molecule has 3 heterocycles. The van der Waals surface area contributed by atoms with Crippen molar-refractivity contribution in [3.8, 4) is 16.9 Å². The summed E-state index contributed by atoms with van der Waals surface area (Å²) in [5, 5.41) is 14.3. The summed E-state index contributed by atoms with van der Waals surface area (Å²) in [6.07, 6.45) is 8.64. The van der Waals surface area contributed by atoms with Crippen molar-refractivity contribution in [2.45, 2.75) is 56.5 Å². The van der Waals surface area contributed by atoms with Gasteiger partial charge in [-0.05, 0) is 49.4 Å². The number of likely N-dealkylation sites (tertiary alicyclic amines) is 1. The van der Waals surface area contributed by atoms with Crippen LogP contribution in [0.4, 0.5) is 14.6 Å². The summed E-state index contributed by atoms with van der Waals surface area (Å²) in [7, 11) is 0. The number of halogens is 2. The van der Waals surface area contributed by atoms with Crippen LogP contribution in [0.15, 0.2) is 43.0 Å². The summed E-state index contributed by atoms with van der Waals surface area (Å²) in [6, 6.07) is 8.31. The van der Waals surface area contributed by atoms with Crippen molar-refractivity contribution in [3.05, 3.63) is 43.0 Å². The molecular formula is C24H27F2N5O. The Morgan fingerprint density at radius 3 is 2.50 bits per heavy atom. The first kappa shape index (κ1) is 21.0. The van der Waals surface area contributed by atoms with Crippen molar-refractivity contribution in [2.24, 2.45) is 0 Å². The van der Waals surface area contributed by atoms with Gasteiger partial charge in [-0.2, -0.15) is 0 Å². The first-order valence-electron chi connectivity index (χ1n) is 11.2. The predicted octanol–water partition coefficient (Wildman–Crippen LogP) is 4.85. The Balaban J connectivity index is 1.28. The highest BCUT2D eigenvalue weighted by Crippen LogP contribution is 2.34. The van der Waals surface area contributed by atoms with Crippen molar-refractivity contribution in [3.63, 3.8) is 0 Å². The summed E-state index contributed by atoms with van der Waals surface area (Å²) in [4.78, 5) is 15.2. The average molecular weight is 440 g/mol. The van der Waals surface area contributed by atoms with Crippen LogP contribution in [0.25, 0.3) is 22.0 Å². The molecule has 0 atom stereocenters. The Hall–Kier alpha value is -2.87. The second-order valence-corrected chi connectivity index (χ2v) is 8.93. The lowest BCUT2D eigenvalue weighted by Crippen LogP contribution is -2.47. The second kappa shape index (κ2) is 8.58. The summed E-state index contributed by atoms with van der Waals surface area (Å²) in [5.74, 6) is -1.57. The van der Waals surface area contributed by atoms with Crippen LogP contribution in [0, 0.1) is 0 Å². The number of benzene rings is 1. The summed E-state index contributed by atoms with van der Waals surface area (Å²) < 4.78 is 26.9. The van der Waals surface area contributed by atoms with Crippen molar-refractivity contribution in [2.75, 3.05) is 18.4 Å². The number of pyridine rings is 1. The fourth-order valence-electron chi connectivity index (χ4n) is 4.93. The zero-order chi connectivity index (χ0) is 22.1. The molecule has 168 valence electrons. The Morgan fingerprint density at radius 2 is 1.75 bits per heavy atom. The third-order valence-electron chi connectivity index (χ3n) is 6.78. The number of anilines is 1. The third kappa shape index (κ3) is 4.50. The lowest BCUT2D eigenvalue weighted by molar-refractivity contribution is -0.0657. The SMILES string of the molecule is Oc1cncc(-c2ccc3ncnc(NC4CCC(N5CCC(F)(F)CC5)CC4)c3c2)c1. The number of hydrogen-bond acceptors (Lipinski definition) is 6. The van der Waals surface area contributed by atoms with Crippen LogP contribution in [-0.4, -0.2) is 56.1 Å². The molecule has 0 amide bonds. The normalized spacial score (nSPS) is 23.8. The van der Waals surface area contributed by atoms with E-state index in [4.69, 9.17) is 0 Å². The van der Waals surface area contributed by atoms with Crippen LogP contribution in [0.5, 0.6) is 5.75 Å². The molecule has 8 heteroatoms. The minimum Gasteiger partial charge on any atom is -0.506 e. The summed E-state index contributed by atoms with van der Waals surface area (Å²) >= 11 is 0. The predicted molar refractivity (Wildman–Crippen MR) is 120 cm³/mol. The number of rotatable bonds is 4. The van der Waals surface area contributed by atoms with E-state index in [0.717, 1.165) is 53.5 Å². The molecule has 1 aromatic carbocycles. The van der Waals surface area contributed by atoms with Gasteiger partial charge in [-0.1, -0.05) is 6.07 Å². The van der Waals surface area contributed by atoms with Gasteiger partial charge in [-0.15, -0.1) is 0 Å². The molecule has 32 heavy (non-hydrogen) atoms. The number of fused-ring (bicyclic) bond motifs is 1. The Kier molecular flexibility index (Phi) is 5.63. The molecule has 2 N–H and O–H groups in total. The van der Waals surface area contributed by atoms with Crippen LogP contribution in [0.3, 0.4) is 0 Å². The Bertz CT molecular complexity index is 1090. The highest BCUT2D eigenvalue weighted by Gasteiger charge is 2.37. The quantitative estimate of drug-likeness (QED) is 0.605. The molecule has 0 spiro atoms. The van der Waals surface area contributed by atoms with Gasteiger partial charge in [0.05, 0.1) is 11.7 Å². The topological polar surface area (TPSA) is 74.2 Å². The molecule has 0 bridgehead atoms. The number of aromatic hydroxyl groups is 1. The molecule has 1 aliphatic carbocycles. The monoisotopic (exact) mass is 439 g/mol. The van der Waals surface area contributed by atoms with E-state index in [1.165, 1.54) is 6.20 Å². The van der Waals surface area contributed by atoms with Gasteiger partial charge < -0.3 is 10.4 Å². The van der Waals surface area contributed by atoms with Crippen molar-refractivity contribution < 1.29 is 13.9 Å². The molecule has 0 unspecified atom stereocenters. The molecule has 2 aliphatic rings. The van der Waals surface area contributed by atoms with Crippen LogP contribution in [0.2, 0.25) is 0 Å². The average Bonchev–Trinajstić information content (AvgIpc) is 2.80. The van der Waals surface area contributed by atoms with E-state index in [-0.39, 0.29) is 18.6 Å². The first-order chi connectivity index (χ1) is 15.5. The first-order valence-corrected chi connectivity index (χ1v) is 11.2. The van der Waals surface area contributed by atoms with Gasteiger partial charge in [0.25, 0.3) is 5.92 Å². The Labute approximate surface area is 185 Å². The van der Waals surface area contributed by atoms with Gasteiger partial charge >= 0.3 is 0 Å². The molecule has 1 saturated carbocycles. The van der Waals surface area contributed by atoms with Gasteiger partial charge in [0.1, 0.15) is 17.9 Å². The van der Waals surface area contributed by atoms with Gasteiger partial charge in [0.2, 0.25) is 0 Å². The lowest BCUT2D eigenvalue weighted by atomic mass is 9.88. The number of nitrogens with zero attached hydrogens (tertiary/aromatic N) is 4. The van der Waals surface area contributed by atoms with Crippen LogP contribution in [-0.2, 0) is 0 Å². The van der Waals surface area contributed by atoms with Gasteiger partial charge in [0, 0.05) is 55.2 Å². The van der Waals surface area contributed by atoms with Gasteiger partial charge in [-0.25, -0.2) is 18.7 Å². The van der Waals surface area contributed by atoms with E-state index in [9.17, 15) is 13.9 Å². The fraction of sp³-hybridized carbons (Fsp3) is 0.458. The highest BCUT2D eigenvalue weighted by atomic mass is 19.3. The number of hydrogen-bond donors (Lipinski definition) is 2. The maximum atomic E-state index is 13.5. The van der Waals surface area contributed by atoms with E-state index < -0.39 is 5.92 Å². The standard InChI is InChI=1S/C24H27F2N5O/c25-24(26)7-9-31(10-8-24)19-4-2-18(3-5-19)30-23-21-12-16(1-6-22(21)28-15-29-23)17-11-20(32)14-27-13-17/h1,6,11-15,18-19,32H,2-5,7-10H2,(H,28,29,30). The highest BCUT2D eigenvalue weighted by molar-refractivity contribution is 5.92. The van der Waals surface area contributed by atoms with E-state index in [0.29, 0.717) is 25.2 Å². The molecular weight excluding hydrogens is 412 g/mol. The molecule has 6 nitrogen and oxygen atoms in total. The molecule has 3 aromatic rings. The van der Waals surface area contributed by atoms with Crippen molar-refractivity contribution in [1.29, 1.82) is 0 Å². The van der Waals surface area contributed by atoms with Crippen LogP contribution < -0.4 is 5.32 Å². The summed E-state index contributed by atoms with van der Waals surface area (Å²) in [6.45, 7) is 0.998. The number of aromatic nitrogens is 3. The fourth-order valence-corrected chi connectivity index (χ4v) is 4.93. The lowest BCUT2D eigenvalue weighted by Gasteiger charge is -2.40. The minimum absolute atomic E-state index is 0.0187. The molecule has 1 saturated heterocycles. The van der Waals surface area contributed by atoms with Crippen molar-refractivity contribution in [1.82, 2.24) is 19.9 Å². The van der Waals surface area contributed by atoms with E-state index in [2.05, 4.69) is 25.2 Å². The van der Waals surface area contributed by atoms with Crippen molar-refractivity contribution >= 4 is 16.7 Å². The molecule has 0 radical (unpaired) electrons. The zero-order valence-electron chi connectivity index (χ0n) is 17.8. The van der Waals surface area contributed by atoms with E-state index in [1.54, 1.807) is 18.6 Å². The van der Waals surface area contributed by atoms with E-state index >= 15 is 0 Å². The number of alkyl halides is 2. The largest absolute Gasteiger partial charge is 0.506 e. The molecule has 1 aliphatic heterocycles. The Morgan fingerprint density at radius 1 is 0.969 bits per heavy atom.